The number of rotatable bonds is 7. The predicted molar refractivity (Wildman–Crippen MR) is 121 cm³/mol. The van der Waals surface area contributed by atoms with Crippen molar-refractivity contribution >= 4 is 17.8 Å². The van der Waals surface area contributed by atoms with Gasteiger partial charge in [-0.2, -0.15) is 5.10 Å². The molecule has 2 fully saturated rings. The lowest BCUT2D eigenvalue weighted by Gasteiger charge is -2.33. The third-order valence-electron chi connectivity index (χ3n) is 6.78. The molecule has 0 radical (unpaired) electrons. The molecule has 1 saturated carbocycles. The van der Waals surface area contributed by atoms with Gasteiger partial charge in [0.2, 0.25) is 5.91 Å². The quantitative estimate of drug-likeness (QED) is 0.627. The summed E-state index contributed by atoms with van der Waals surface area (Å²) in [5.74, 6) is -0.318. The molecule has 9 heteroatoms. The molecule has 4 rings (SSSR count). The molecule has 0 bridgehead atoms. The van der Waals surface area contributed by atoms with Crippen LogP contribution in [0.5, 0.6) is 0 Å². The molecular formula is C24H30FN5O3. The van der Waals surface area contributed by atoms with E-state index >= 15 is 0 Å². The maximum absolute atomic E-state index is 13.4. The van der Waals surface area contributed by atoms with E-state index in [0.717, 1.165) is 23.4 Å². The zero-order chi connectivity index (χ0) is 23.6. The molecule has 176 valence electrons. The first-order chi connectivity index (χ1) is 15.8. The molecule has 0 atom stereocenters. The normalized spacial score (nSPS) is 22.6. The Balaban J connectivity index is 1.26. The molecule has 4 amide bonds. The molecule has 0 unspecified atom stereocenters. The van der Waals surface area contributed by atoms with Gasteiger partial charge in [0.1, 0.15) is 17.9 Å². The van der Waals surface area contributed by atoms with E-state index in [1.807, 2.05) is 6.07 Å². The van der Waals surface area contributed by atoms with Crippen LogP contribution in [0.2, 0.25) is 0 Å². The van der Waals surface area contributed by atoms with Crippen LogP contribution < -0.4 is 5.32 Å². The molecule has 1 aromatic heterocycles. The van der Waals surface area contributed by atoms with E-state index in [1.54, 1.807) is 24.1 Å². The van der Waals surface area contributed by atoms with Crippen LogP contribution in [-0.4, -0.2) is 63.5 Å². The lowest BCUT2D eigenvalue weighted by atomic mass is 9.77. The van der Waals surface area contributed by atoms with Gasteiger partial charge in [0.25, 0.3) is 5.91 Å². The second-order valence-corrected chi connectivity index (χ2v) is 9.29. The fraction of sp³-hybridized carbons (Fsp3) is 0.500. The van der Waals surface area contributed by atoms with Crippen LogP contribution in [0.25, 0.3) is 11.3 Å². The first kappa shape index (κ1) is 22.9. The highest BCUT2D eigenvalue weighted by atomic mass is 19.1. The number of carbonyl (C=O) groups is 3. The summed E-state index contributed by atoms with van der Waals surface area (Å²) in [7, 11) is 1.67. The highest BCUT2D eigenvalue weighted by molar-refractivity contribution is 6.09. The molecule has 1 aliphatic heterocycles. The zero-order valence-electron chi connectivity index (χ0n) is 19.1. The second-order valence-electron chi connectivity index (χ2n) is 9.29. The summed E-state index contributed by atoms with van der Waals surface area (Å²) in [4.78, 5) is 40.6. The van der Waals surface area contributed by atoms with E-state index in [4.69, 9.17) is 0 Å². The van der Waals surface area contributed by atoms with Crippen LogP contribution in [0.4, 0.5) is 9.18 Å². The van der Waals surface area contributed by atoms with Crippen molar-refractivity contribution in [2.75, 3.05) is 20.1 Å². The van der Waals surface area contributed by atoms with Crippen LogP contribution in [0.3, 0.4) is 0 Å². The number of aryl methyl sites for hydroxylation is 1. The molecule has 2 N–H and O–H groups in total. The summed E-state index contributed by atoms with van der Waals surface area (Å²) in [6, 6.07) is 7.65. The smallest absolute Gasteiger partial charge is 0.325 e. The van der Waals surface area contributed by atoms with Crippen LogP contribution in [-0.2, 0) is 16.0 Å². The Morgan fingerprint density at radius 2 is 2.03 bits per heavy atom. The van der Waals surface area contributed by atoms with Gasteiger partial charge in [-0.05, 0) is 62.6 Å². The zero-order valence-corrected chi connectivity index (χ0v) is 19.1. The third-order valence-corrected chi connectivity index (χ3v) is 6.78. The highest BCUT2D eigenvalue weighted by Gasteiger charge is 2.52. The van der Waals surface area contributed by atoms with Gasteiger partial charge in [0.15, 0.2) is 0 Å². The monoisotopic (exact) mass is 455 g/mol. The summed E-state index contributed by atoms with van der Waals surface area (Å²) in [5, 5.41) is 10.0. The Hall–Kier alpha value is -3.23. The number of hydrogen-bond donors (Lipinski definition) is 2. The number of imide groups is 1. The molecule has 1 spiro atoms. The first-order valence-electron chi connectivity index (χ1n) is 11.5. The van der Waals surface area contributed by atoms with E-state index in [9.17, 15) is 18.8 Å². The number of benzene rings is 1. The lowest BCUT2D eigenvalue weighted by molar-refractivity contribution is -0.139. The third kappa shape index (κ3) is 4.91. The largest absolute Gasteiger partial charge is 0.344 e. The van der Waals surface area contributed by atoms with Crippen molar-refractivity contribution in [1.82, 2.24) is 25.3 Å². The number of likely N-dealkylation sites (N-methyl/N-ethyl adjacent to an activating group) is 1. The van der Waals surface area contributed by atoms with E-state index in [-0.39, 0.29) is 24.2 Å². The summed E-state index contributed by atoms with van der Waals surface area (Å²) < 4.78 is 13.4. The summed E-state index contributed by atoms with van der Waals surface area (Å²) >= 11 is 0. The Bertz CT molecular complexity index is 1040. The number of nitrogens with zero attached hydrogens (tertiary/aromatic N) is 3. The van der Waals surface area contributed by atoms with E-state index in [1.165, 1.54) is 12.1 Å². The summed E-state index contributed by atoms with van der Waals surface area (Å²) in [6.07, 6.45) is 4.37. The average molecular weight is 456 g/mol. The topological polar surface area (TPSA) is 98.4 Å². The number of carbonyl (C=O) groups excluding carboxylic acids is 3. The van der Waals surface area contributed by atoms with Crippen molar-refractivity contribution in [3.8, 4) is 11.3 Å². The van der Waals surface area contributed by atoms with Gasteiger partial charge in [-0.1, -0.05) is 19.1 Å². The number of amides is 4. The fourth-order valence-corrected chi connectivity index (χ4v) is 4.59. The van der Waals surface area contributed by atoms with Crippen molar-refractivity contribution in [3.63, 3.8) is 0 Å². The van der Waals surface area contributed by atoms with Crippen molar-refractivity contribution in [2.45, 2.75) is 51.0 Å². The average Bonchev–Trinajstić information content (AvgIpc) is 3.35. The molecule has 1 aromatic carbocycles. The maximum atomic E-state index is 13.4. The minimum atomic E-state index is -0.831. The lowest BCUT2D eigenvalue weighted by Crippen LogP contribution is -2.50. The Morgan fingerprint density at radius 3 is 2.76 bits per heavy atom. The van der Waals surface area contributed by atoms with Crippen LogP contribution in [0.15, 0.2) is 30.3 Å². The van der Waals surface area contributed by atoms with Gasteiger partial charge in [0, 0.05) is 24.8 Å². The van der Waals surface area contributed by atoms with Gasteiger partial charge in [0.05, 0.1) is 5.69 Å². The molecule has 2 heterocycles. The highest BCUT2D eigenvalue weighted by Crippen LogP contribution is 2.36. The molecule has 1 saturated heterocycles. The van der Waals surface area contributed by atoms with Gasteiger partial charge in [-0.3, -0.25) is 19.6 Å². The number of aromatic amines is 1. The Labute approximate surface area is 192 Å². The second kappa shape index (κ2) is 9.33. The number of halogens is 1. The maximum Gasteiger partial charge on any atom is 0.325 e. The van der Waals surface area contributed by atoms with Crippen LogP contribution >= 0.6 is 0 Å². The van der Waals surface area contributed by atoms with Gasteiger partial charge in [-0.15, -0.1) is 0 Å². The minimum Gasteiger partial charge on any atom is -0.344 e. The number of nitrogens with one attached hydrogen (secondary N) is 2. The predicted octanol–water partition coefficient (Wildman–Crippen LogP) is 3.11. The number of urea groups is 1. The SMILES string of the molecule is CC1CCC2(CC1)NC(=O)N(CC(=O)N(C)CCCc1cc(-c3cccc(F)c3)n[nH]1)C2=O. The van der Waals surface area contributed by atoms with Crippen molar-refractivity contribution in [3.05, 3.63) is 41.8 Å². The van der Waals surface area contributed by atoms with Gasteiger partial charge in [-0.25, -0.2) is 9.18 Å². The minimum absolute atomic E-state index is 0.244. The molecule has 2 aliphatic rings. The summed E-state index contributed by atoms with van der Waals surface area (Å²) in [5.41, 5.74) is 1.42. The van der Waals surface area contributed by atoms with Crippen LogP contribution in [0, 0.1) is 11.7 Å². The molecule has 1 aliphatic carbocycles. The van der Waals surface area contributed by atoms with Crippen molar-refractivity contribution in [1.29, 1.82) is 0 Å². The summed E-state index contributed by atoms with van der Waals surface area (Å²) in [6.45, 7) is 2.38. The van der Waals surface area contributed by atoms with E-state index < -0.39 is 11.6 Å². The van der Waals surface area contributed by atoms with E-state index in [2.05, 4.69) is 22.4 Å². The first-order valence-corrected chi connectivity index (χ1v) is 11.5. The molecule has 33 heavy (non-hydrogen) atoms. The number of hydrogen-bond acceptors (Lipinski definition) is 4. The van der Waals surface area contributed by atoms with Crippen LogP contribution in [0.1, 0.15) is 44.7 Å². The molecule has 8 nitrogen and oxygen atoms in total. The Kier molecular flexibility index (Phi) is 6.49. The van der Waals surface area contributed by atoms with Gasteiger partial charge >= 0.3 is 6.03 Å². The Morgan fingerprint density at radius 1 is 1.27 bits per heavy atom. The standard InChI is InChI=1S/C24H30FN5O3/c1-16-8-10-24(11-9-16)22(32)30(23(33)26-24)15-21(31)29(2)12-4-7-19-14-20(28-27-19)17-5-3-6-18(25)13-17/h3,5-6,13-14,16H,4,7-12,15H2,1-2H3,(H,26,33)(H,27,28). The molecule has 2 aromatic rings. The number of aromatic nitrogens is 2. The molecular weight excluding hydrogens is 425 g/mol. The fourth-order valence-electron chi connectivity index (χ4n) is 4.59. The van der Waals surface area contributed by atoms with Gasteiger partial charge < -0.3 is 10.2 Å². The van der Waals surface area contributed by atoms with E-state index in [0.29, 0.717) is 49.4 Å². The van der Waals surface area contributed by atoms with Crippen molar-refractivity contribution in [2.24, 2.45) is 5.92 Å². The number of H-pyrrole nitrogens is 1. The van der Waals surface area contributed by atoms with Crippen molar-refractivity contribution < 1.29 is 18.8 Å².